The van der Waals surface area contributed by atoms with Crippen LogP contribution < -0.4 is 10.6 Å². The molecule has 0 radical (unpaired) electrons. The highest BCUT2D eigenvalue weighted by molar-refractivity contribution is 5.88. The lowest BCUT2D eigenvalue weighted by Crippen LogP contribution is -2.42. The molecule has 0 spiro atoms. The number of anilines is 1. The van der Waals surface area contributed by atoms with Crippen molar-refractivity contribution in [2.75, 3.05) is 44.7 Å². The second-order valence-corrected chi connectivity index (χ2v) is 5.68. The highest BCUT2D eigenvalue weighted by atomic mass is 16.5. The Balaban J connectivity index is 1.65. The van der Waals surface area contributed by atoms with Crippen LogP contribution in [0.15, 0.2) is 12.4 Å². The van der Waals surface area contributed by atoms with Gasteiger partial charge in [0.05, 0.1) is 25.1 Å². The number of amides is 2. The molecule has 0 unspecified atom stereocenters. The van der Waals surface area contributed by atoms with Crippen LogP contribution in [0.25, 0.3) is 0 Å². The molecule has 1 aromatic rings. The molecule has 1 aliphatic rings. The van der Waals surface area contributed by atoms with E-state index in [2.05, 4.69) is 34.5 Å². The Hall–Kier alpha value is -1.60. The third kappa shape index (κ3) is 5.73. The first-order chi connectivity index (χ1) is 10.1. The Bertz CT molecular complexity index is 440. The van der Waals surface area contributed by atoms with Crippen LogP contribution >= 0.6 is 0 Å². The van der Waals surface area contributed by atoms with E-state index in [1.54, 1.807) is 6.20 Å². The molecule has 0 saturated carbocycles. The van der Waals surface area contributed by atoms with Gasteiger partial charge >= 0.3 is 6.03 Å². The minimum Gasteiger partial charge on any atom is -0.379 e. The molecule has 1 fully saturated rings. The first kappa shape index (κ1) is 15.8. The molecule has 1 saturated heterocycles. The van der Waals surface area contributed by atoms with Crippen molar-refractivity contribution in [2.45, 2.75) is 20.4 Å². The van der Waals surface area contributed by atoms with Gasteiger partial charge in [0, 0.05) is 38.9 Å². The molecule has 0 bridgehead atoms. The molecule has 2 heterocycles. The van der Waals surface area contributed by atoms with Crippen LogP contribution in [-0.4, -0.2) is 60.1 Å². The lowest BCUT2D eigenvalue weighted by Gasteiger charge is -2.26. The van der Waals surface area contributed by atoms with Gasteiger partial charge in [-0.15, -0.1) is 0 Å². The molecular formula is C14H25N5O2. The first-order valence-corrected chi connectivity index (χ1v) is 7.51. The maximum absolute atomic E-state index is 11.8. The highest BCUT2D eigenvalue weighted by Gasteiger charge is 2.10. The lowest BCUT2D eigenvalue weighted by molar-refractivity contribution is 0.0388. The van der Waals surface area contributed by atoms with Crippen LogP contribution in [-0.2, 0) is 11.3 Å². The fourth-order valence-electron chi connectivity index (χ4n) is 2.23. The van der Waals surface area contributed by atoms with Gasteiger partial charge in [0.2, 0.25) is 0 Å². The predicted octanol–water partition coefficient (Wildman–Crippen LogP) is 0.993. The van der Waals surface area contributed by atoms with Crippen LogP contribution in [0, 0.1) is 5.92 Å². The standard InChI is InChI=1S/C14H25N5O2/c1-12(2)10-19-11-13(9-16-19)17-14(20)15-3-4-18-5-7-21-8-6-18/h9,11-12H,3-8,10H2,1-2H3,(H2,15,17,20). The Morgan fingerprint density at radius 2 is 2.19 bits per heavy atom. The van der Waals surface area contributed by atoms with E-state index in [1.165, 1.54) is 0 Å². The summed E-state index contributed by atoms with van der Waals surface area (Å²) in [6.45, 7) is 10.0. The molecular weight excluding hydrogens is 270 g/mol. The average molecular weight is 295 g/mol. The number of ether oxygens (including phenoxy) is 1. The fourth-order valence-corrected chi connectivity index (χ4v) is 2.23. The van der Waals surface area contributed by atoms with E-state index in [0.29, 0.717) is 12.5 Å². The first-order valence-electron chi connectivity index (χ1n) is 7.51. The van der Waals surface area contributed by atoms with Crippen molar-refractivity contribution in [2.24, 2.45) is 5.92 Å². The molecule has 21 heavy (non-hydrogen) atoms. The van der Waals surface area contributed by atoms with Crippen molar-refractivity contribution in [3.8, 4) is 0 Å². The molecule has 2 amide bonds. The normalized spacial score (nSPS) is 16.1. The minimum atomic E-state index is -0.188. The van der Waals surface area contributed by atoms with Crippen LogP contribution in [0.2, 0.25) is 0 Å². The van der Waals surface area contributed by atoms with Crippen molar-refractivity contribution in [3.63, 3.8) is 0 Å². The zero-order valence-electron chi connectivity index (χ0n) is 12.8. The number of rotatable bonds is 6. The monoisotopic (exact) mass is 295 g/mol. The smallest absolute Gasteiger partial charge is 0.319 e. The van der Waals surface area contributed by atoms with Gasteiger partial charge in [0.1, 0.15) is 0 Å². The Morgan fingerprint density at radius 3 is 2.90 bits per heavy atom. The number of nitrogens with zero attached hydrogens (tertiary/aromatic N) is 3. The average Bonchev–Trinajstić information content (AvgIpc) is 2.86. The van der Waals surface area contributed by atoms with Crippen LogP contribution in [0.4, 0.5) is 10.5 Å². The summed E-state index contributed by atoms with van der Waals surface area (Å²) in [5, 5.41) is 9.87. The predicted molar refractivity (Wildman–Crippen MR) is 81.3 cm³/mol. The van der Waals surface area contributed by atoms with Crippen LogP contribution in [0.5, 0.6) is 0 Å². The Kier molecular flexibility index (Phi) is 6.01. The number of aromatic nitrogens is 2. The van der Waals surface area contributed by atoms with E-state index in [1.807, 2.05) is 10.9 Å². The largest absolute Gasteiger partial charge is 0.379 e. The Labute approximate surface area is 125 Å². The second kappa shape index (κ2) is 7.99. The number of hydrogen-bond acceptors (Lipinski definition) is 4. The third-order valence-electron chi connectivity index (χ3n) is 3.26. The topological polar surface area (TPSA) is 71.4 Å². The number of morpholine rings is 1. The number of carbonyl (C=O) groups is 1. The SMILES string of the molecule is CC(C)Cn1cc(NC(=O)NCCN2CCOCC2)cn1. The van der Waals surface area contributed by atoms with E-state index in [-0.39, 0.29) is 6.03 Å². The number of hydrogen-bond donors (Lipinski definition) is 2. The van der Waals surface area contributed by atoms with Gasteiger partial charge in [-0.3, -0.25) is 9.58 Å². The molecule has 0 atom stereocenters. The molecule has 7 nitrogen and oxygen atoms in total. The molecule has 1 aromatic heterocycles. The van der Waals surface area contributed by atoms with Gasteiger partial charge in [-0.2, -0.15) is 5.10 Å². The fraction of sp³-hybridized carbons (Fsp3) is 0.714. The summed E-state index contributed by atoms with van der Waals surface area (Å²) in [6, 6.07) is -0.188. The van der Waals surface area contributed by atoms with Crippen molar-refractivity contribution in [1.29, 1.82) is 0 Å². The van der Waals surface area contributed by atoms with E-state index >= 15 is 0 Å². The van der Waals surface area contributed by atoms with E-state index in [0.717, 1.165) is 45.1 Å². The zero-order chi connectivity index (χ0) is 15.1. The molecule has 0 aromatic carbocycles. The van der Waals surface area contributed by atoms with Gasteiger partial charge in [-0.05, 0) is 5.92 Å². The van der Waals surface area contributed by atoms with Gasteiger partial charge < -0.3 is 15.4 Å². The summed E-state index contributed by atoms with van der Waals surface area (Å²) >= 11 is 0. The molecule has 2 rings (SSSR count). The van der Waals surface area contributed by atoms with Crippen LogP contribution in [0.1, 0.15) is 13.8 Å². The molecule has 1 aliphatic heterocycles. The quantitative estimate of drug-likeness (QED) is 0.821. The van der Waals surface area contributed by atoms with Crippen molar-refractivity contribution >= 4 is 11.7 Å². The van der Waals surface area contributed by atoms with E-state index in [9.17, 15) is 4.79 Å². The molecule has 0 aliphatic carbocycles. The van der Waals surface area contributed by atoms with E-state index < -0.39 is 0 Å². The van der Waals surface area contributed by atoms with Crippen molar-refractivity contribution < 1.29 is 9.53 Å². The number of nitrogens with one attached hydrogen (secondary N) is 2. The summed E-state index contributed by atoms with van der Waals surface area (Å²) in [4.78, 5) is 14.1. The molecule has 118 valence electrons. The van der Waals surface area contributed by atoms with Crippen molar-refractivity contribution in [1.82, 2.24) is 20.0 Å². The van der Waals surface area contributed by atoms with Gasteiger partial charge in [0.15, 0.2) is 0 Å². The summed E-state index contributed by atoms with van der Waals surface area (Å²) in [5.41, 5.74) is 0.722. The molecule has 2 N–H and O–H groups in total. The summed E-state index contributed by atoms with van der Waals surface area (Å²) < 4.78 is 7.13. The maximum Gasteiger partial charge on any atom is 0.319 e. The number of carbonyl (C=O) groups excluding carboxylic acids is 1. The molecule has 7 heteroatoms. The highest BCUT2D eigenvalue weighted by Crippen LogP contribution is 2.06. The second-order valence-electron chi connectivity index (χ2n) is 5.68. The third-order valence-corrected chi connectivity index (χ3v) is 3.26. The summed E-state index contributed by atoms with van der Waals surface area (Å²) in [5.74, 6) is 0.528. The summed E-state index contributed by atoms with van der Waals surface area (Å²) in [6.07, 6.45) is 3.52. The maximum atomic E-state index is 11.8. The summed E-state index contributed by atoms with van der Waals surface area (Å²) in [7, 11) is 0. The van der Waals surface area contributed by atoms with Gasteiger partial charge in [0.25, 0.3) is 0 Å². The van der Waals surface area contributed by atoms with Crippen LogP contribution in [0.3, 0.4) is 0 Å². The number of urea groups is 1. The minimum absolute atomic E-state index is 0.188. The van der Waals surface area contributed by atoms with Gasteiger partial charge in [-0.25, -0.2) is 4.79 Å². The van der Waals surface area contributed by atoms with E-state index in [4.69, 9.17) is 4.74 Å². The van der Waals surface area contributed by atoms with Crippen molar-refractivity contribution in [3.05, 3.63) is 12.4 Å². The lowest BCUT2D eigenvalue weighted by atomic mass is 10.2. The zero-order valence-corrected chi connectivity index (χ0v) is 12.8. The van der Waals surface area contributed by atoms with Gasteiger partial charge in [-0.1, -0.05) is 13.8 Å². The Morgan fingerprint density at radius 1 is 1.43 bits per heavy atom.